The molecule has 0 amide bonds. The van der Waals surface area contributed by atoms with Crippen molar-refractivity contribution in [3.05, 3.63) is 0 Å². The fraction of sp³-hybridized carbons (Fsp3) is 1.00. The van der Waals surface area contributed by atoms with Gasteiger partial charge < -0.3 is 10.2 Å². The topological polar surface area (TPSA) is 40.5 Å². The van der Waals surface area contributed by atoms with Gasteiger partial charge in [0.2, 0.25) is 0 Å². The number of rotatable bonds is 2. The van der Waals surface area contributed by atoms with Gasteiger partial charge in [0, 0.05) is 0 Å². The van der Waals surface area contributed by atoms with E-state index in [4.69, 9.17) is 10.2 Å². The van der Waals surface area contributed by atoms with E-state index < -0.39 is 0 Å². The summed E-state index contributed by atoms with van der Waals surface area (Å²) in [7, 11) is 3.58. The fourth-order valence-electron chi connectivity index (χ4n) is 0. The summed E-state index contributed by atoms with van der Waals surface area (Å²) >= 11 is 4.01. The molecule has 0 aromatic rings. The molecular formula is C2H6Mo2O2S2. The van der Waals surface area contributed by atoms with Crippen LogP contribution in [-0.4, -0.2) is 23.4 Å². The van der Waals surface area contributed by atoms with Gasteiger partial charge >= 0.3 is 54.1 Å². The minimum absolute atomic E-state index is 0.125. The summed E-state index contributed by atoms with van der Waals surface area (Å²) in [6.45, 7) is -0.250. The van der Waals surface area contributed by atoms with Crippen LogP contribution in [0.2, 0.25) is 0 Å². The molecule has 0 atom stereocenters. The molecule has 50 valence electrons. The van der Waals surface area contributed by atoms with Crippen LogP contribution in [0.25, 0.3) is 0 Å². The summed E-state index contributed by atoms with van der Waals surface area (Å²) in [6, 6.07) is 0. The molecule has 0 aliphatic heterocycles. The standard InChI is InChI=1S/C2H6O2.2Mo.S2/c3-1-2-4;;;1-2/h3-4H,1-2H2;;;/q;2*+1;-2. The average molecular weight is 318 g/mol. The molecule has 0 heterocycles. The van der Waals surface area contributed by atoms with Crippen molar-refractivity contribution >= 4 is 17.0 Å². The van der Waals surface area contributed by atoms with E-state index in [2.05, 4.69) is 0 Å². The van der Waals surface area contributed by atoms with Crippen LogP contribution in [0.15, 0.2) is 0 Å². The Morgan fingerprint density at radius 3 is 1.25 bits per heavy atom. The predicted molar refractivity (Wildman–Crippen MR) is 29.4 cm³/mol. The second-order valence-electron chi connectivity index (χ2n) is 0.583. The first kappa shape index (κ1) is 12.7. The van der Waals surface area contributed by atoms with Gasteiger partial charge in [0.25, 0.3) is 0 Å². The van der Waals surface area contributed by atoms with Crippen LogP contribution in [0, 0.1) is 0 Å². The van der Waals surface area contributed by atoms with Crippen molar-refractivity contribution in [2.24, 2.45) is 0 Å². The van der Waals surface area contributed by atoms with Crippen LogP contribution in [-0.2, 0) is 37.1 Å². The van der Waals surface area contributed by atoms with E-state index in [1.165, 1.54) is 0 Å². The van der Waals surface area contributed by atoms with E-state index in [0.717, 1.165) is 0 Å². The Hall–Kier alpha value is 2.00. The van der Waals surface area contributed by atoms with Crippen LogP contribution in [0.1, 0.15) is 0 Å². The maximum absolute atomic E-state index is 7.62. The van der Waals surface area contributed by atoms with Crippen molar-refractivity contribution in [2.45, 2.75) is 0 Å². The first-order valence-corrected chi connectivity index (χ1v) is 8.55. The zero-order valence-corrected chi connectivity index (χ0v) is 9.59. The van der Waals surface area contributed by atoms with Gasteiger partial charge in [-0.3, -0.25) is 0 Å². The summed E-state index contributed by atoms with van der Waals surface area (Å²) in [5, 5.41) is 15.2. The van der Waals surface area contributed by atoms with Crippen LogP contribution < -0.4 is 0 Å². The van der Waals surface area contributed by atoms with Crippen molar-refractivity contribution in [2.75, 3.05) is 13.2 Å². The molecular weight excluding hydrogens is 312 g/mol. The minimum atomic E-state index is -0.125. The zero-order valence-electron chi connectivity index (χ0n) is 3.94. The van der Waals surface area contributed by atoms with Crippen LogP contribution in [0.5, 0.6) is 0 Å². The molecule has 0 spiro atoms. The molecule has 8 heavy (non-hydrogen) atoms. The van der Waals surface area contributed by atoms with E-state index in [1.54, 1.807) is 17.0 Å². The molecule has 0 aromatic carbocycles. The second kappa shape index (κ2) is 16.0. The normalized spacial score (nSPS) is 7.25. The van der Waals surface area contributed by atoms with Gasteiger partial charge in [-0.25, -0.2) is 0 Å². The molecule has 6 heteroatoms. The third-order valence-corrected chi connectivity index (χ3v) is 8.85. The molecule has 0 saturated carbocycles. The summed E-state index contributed by atoms with van der Waals surface area (Å²) in [5.74, 6) is 0. The maximum atomic E-state index is 7.62. The van der Waals surface area contributed by atoms with Gasteiger partial charge in [-0.2, -0.15) is 0 Å². The molecule has 0 saturated heterocycles. The Kier molecular flexibility index (Phi) is 25.3. The number of hydrogen-bond acceptors (Lipinski definition) is 4. The van der Waals surface area contributed by atoms with Crippen LogP contribution in [0.3, 0.4) is 0 Å². The van der Waals surface area contributed by atoms with Gasteiger partial charge in [0.1, 0.15) is 0 Å². The molecule has 0 rings (SSSR count). The first-order chi connectivity index (χ1) is 3.83. The van der Waals surface area contributed by atoms with Crippen LogP contribution in [0.4, 0.5) is 0 Å². The zero-order chi connectivity index (χ0) is 6.83. The number of aliphatic hydroxyl groups excluding tert-OH is 2. The van der Waals surface area contributed by atoms with Crippen molar-refractivity contribution in [3.8, 4) is 0 Å². The Morgan fingerprint density at radius 2 is 1.25 bits per heavy atom. The summed E-state index contributed by atoms with van der Waals surface area (Å²) in [4.78, 5) is 0. The molecule has 0 fully saturated rings. The van der Waals surface area contributed by atoms with Crippen molar-refractivity contribution in [3.63, 3.8) is 0 Å². The Labute approximate surface area is 76.8 Å². The Morgan fingerprint density at radius 1 is 1.00 bits per heavy atom. The predicted octanol–water partition coefficient (Wildman–Crippen LogP) is 0.262. The Balaban J connectivity index is 0. The van der Waals surface area contributed by atoms with Gasteiger partial charge in [0.15, 0.2) is 0 Å². The molecule has 2 nitrogen and oxygen atoms in total. The quantitative estimate of drug-likeness (QED) is 0.566. The van der Waals surface area contributed by atoms with Gasteiger partial charge in [-0.15, -0.1) is 0 Å². The van der Waals surface area contributed by atoms with Crippen LogP contribution >= 0.6 is 17.0 Å². The molecule has 0 aliphatic carbocycles. The van der Waals surface area contributed by atoms with Crippen molar-refractivity contribution in [1.29, 1.82) is 0 Å². The molecule has 0 bridgehead atoms. The third-order valence-electron chi connectivity index (χ3n) is 0.128. The Bertz CT molecular complexity index is 24.0. The molecule has 0 aliphatic rings. The number of aliphatic hydroxyl groups is 2. The average Bonchev–Trinajstić information content (AvgIpc) is 1.88. The van der Waals surface area contributed by atoms with E-state index >= 15 is 0 Å². The van der Waals surface area contributed by atoms with E-state index in [0.29, 0.717) is 0 Å². The van der Waals surface area contributed by atoms with Gasteiger partial charge in [-0.05, 0) is 0 Å². The summed E-state index contributed by atoms with van der Waals surface area (Å²) in [5.41, 5.74) is 0. The molecule has 0 unspecified atom stereocenters. The first-order valence-electron chi connectivity index (χ1n) is 1.63. The fourth-order valence-corrected chi connectivity index (χ4v) is 0. The van der Waals surface area contributed by atoms with E-state index in [1.807, 2.05) is 37.1 Å². The number of hydrogen-bond donors (Lipinski definition) is 2. The monoisotopic (exact) mass is 322 g/mol. The molecule has 2 N–H and O–H groups in total. The van der Waals surface area contributed by atoms with Crippen molar-refractivity contribution in [1.82, 2.24) is 0 Å². The molecule has 0 radical (unpaired) electrons. The SMILES string of the molecule is OCCO.[Mo][S][S][Mo]. The van der Waals surface area contributed by atoms with E-state index in [9.17, 15) is 0 Å². The third kappa shape index (κ3) is 24.5. The van der Waals surface area contributed by atoms with E-state index in [-0.39, 0.29) is 13.2 Å². The van der Waals surface area contributed by atoms with Gasteiger partial charge in [0.05, 0.1) is 13.2 Å². The summed E-state index contributed by atoms with van der Waals surface area (Å²) < 4.78 is 0. The summed E-state index contributed by atoms with van der Waals surface area (Å²) in [6.07, 6.45) is 0. The molecule has 0 aromatic heterocycles. The second-order valence-corrected chi connectivity index (χ2v) is 7.69. The van der Waals surface area contributed by atoms with Crippen molar-refractivity contribution < 1.29 is 47.3 Å². The van der Waals surface area contributed by atoms with Gasteiger partial charge in [-0.1, -0.05) is 0 Å².